The predicted molar refractivity (Wildman–Crippen MR) is 67.2 cm³/mol. The summed E-state index contributed by atoms with van der Waals surface area (Å²) in [5, 5.41) is 7.54. The number of hydrogen-bond acceptors (Lipinski definition) is 3. The van der Waals surface area contributed by atoms with Crippen LogP contribution in [0.3, 0.4) is 0 Å². The molecule has 94 valence electrons. The Hall–Kier alpha value is -1.11. The number of nitrogens with one attached hydrogen (secondary N) is 1. The first-order chi connectivity index (χ1) is 7.90. The van der Waals surface area contributed by atoms with E-state index < -0.39 is 10.0 Å². The molecule has 0 aliphatic rings. The fourth-order valence-corrected chi connectivity index (χ4v) is 2.05. The molecule has 1 rings (SSSR count). The zero-order chi connectivity index (χ0) is 12.9. The highest BCUT2D eigenvalue weighted by molar-refractivity contribution is 7.88. The lowest BCUT2D eigenvalue weighted by atomic mass is 10.2. The minimum atomic E-state index is -3.53. The second-order valence-electron chi connectivity index (χ2n) is 3.49. The smallest absolute Gasteiger partial charge is 0.225 e. The topological polar surface area (TPSA) is 89.3 Å². The van der Waals surface area contributed by atoms with Gasteiger partial charge >= 0.3 is 0 Å². The van der Waals surface area contributed by atoms with Crippen molar-refractivity contribution in [2.24, 2.45) is 5.14 Å². The van der Waals surface area contributed by atoms with Gasteiger partial charge in [-0.3, -0.25) is 4.79 Å². The quantitative estimate of drug-likeness (QED) is 0.788. The van der Waals surface area contributed by atoms with E-state index in [1.165, 1.54) is 0 Å². The van der Waals surface area contributed by atoms with Crippen molar-refractivity contribution in [1.29, 1.82) is 0 Å². The van der Waals surface area contributed by atoms with Crippen LogP contribution in [0.1, 0.15) is 12.0 Å². The highest BCUT2D eigenvalue weighted by atomic mass is 35.5. The summed E-state index contributed by atoms with van der Waals surface area (Å²) in [4.78, 5) is 11.2. The van der Waals surface area contributed by atoms with E-state index in [-0.39, 0.29) is 24.0 Å². The number of carbonyl (C=O) groups is 1. The number of primary sulfonamides is 1. The van der Waals surface area contributed by atoms with Crippen molar-refractivity contribution in [2.45, 2.75) is 12.2 Å². The molecule has 0 atom stereocenters. The molecule has 0 heterocycles. The first-order valence-corrected chi connectivity index (χ1v) is 7.11. The van der Waals surface area contributed by atoms with E-state index in [4.69, 9.17) is 16.7 Å². The molecule has 0 fully saturated rings. The second-order valence-corrected chi connectivity index (χ2v) is 5.48. The molecule has 3 N–H and O–H groups in total. The van der Waals surface area contributed by atoms with E-state index in [0.29, 0.717) is 11.3 Å². The molecule has 1 aromatic rings. The summed E-state index contributed by atoms with van der Waals surface area (Å²) in [7, 11) is -3.53. The number of rotatable bonds is 5. The van der Waals surface area contributed by atoms with Gasteiger partial charge in [-0.05, 0) is 17.7 Å². The molecule has 1 amide bonds. The van der Waals surface area contributed by atoms with Crippen molar-refractivity contribution < 1.29 is 13.2 Å². The van der Waals surface area contributed by atoms with Gasteiger partial charge in [0.2, 0.25) is 15.9 Å². The minimum Gasteiger partial charge on any atom is -0.326 e. The van der Waals surface area contributed by atoms with Crippen LogP contribution in [0.2, 0.25) is 0 Å². The average Bonchev–Trinajstić information content (AvgIpc) is 2.19. The molecule has 0 aliphatic heterocycles. The average molecular weight is 277 g/mol. The van der Waals surface area contributed by atoms with Gasteiger partial charge in [0, 0.05) is 18.0 Å². The van der Waals surface area contributed by atoms with Gasteiger partial charge in [0.1, 0.15) is 0 Å². The molecule has 0 unspecified atom stereocenters. The molecule has 0 aliphatic carbocycles. The Balaban J connectivity index is 2.65. The lowest BCUT2D eigenvalue weighted by molar-refractivity contribution is -0.115. The van der Waals surface area contributed by atoms with Crippen LogP contribution in [-0.2, 0) is 20.6 Å². The van der Waals surface area contributed by atoms with Crippen molar-refractivity contribution in [2.75, 3.05) is 11.2 Å². The fourth-order valence-electron chi connectivity index (χ4n) is 1.23. The normalized spacial score (nSPS) is 11.2. The molecule has 0 saturated carbocycles. The molecule has 0 aromatic heterocycles. The van der Waals surface area contributed by atoms with Gasteiger partial charge < -0.3 is 5.32 Å². The number of carbonyl (C=O) groups excluding carboxylic acids is 1. The van der Waals surface area contributed by atoms with Crippen molar-refractivity contribution in [3.63, 3.8) is 0 Å². The van der Waals surface area contributed by atoms with E-state index >= 15 is 0 Å². The van der Waals surface area contributed by atoms with Crippen LogP contribution in [0.4, 0.5) is 5.69 Å². The minimum absolute atomic E-state index is 0.181. The number of hydrogen-bond donors (Lipinski definition) is 2. The monoisotopic (exact) mass is 276 g/mol. The van der Waals surface area contributed by atoms with E-state index in [9.17, 15) is 13.2 Å². The standard InChI is InChI=1S/C10H13ClN2O3S/c11-6-5-10(14)13-9-3-1-8(2-4-9)7-17(12,15)16/h1-4H,5-7H2,(H,13,14)(H2,12,15,16). The molecule has 0 radical (unpaired) electrons. The molecule has 17 heavy (non-hydrogen) atoms. The van der Waals surface area contributed by atoms with Crippen molar-refractivity contribution in [1.82, 2.24) is 0 Å². The van der Waals surface area contributed by atoms with Crippen LogP contribution in [-0.4, -0.2) is 20.2 Å². The van der Waals surface area contributed by atoms with Crippen LogP contribution < -0.4 is 10.5 Å². The Kier molecular flexibility index (Phi) is 4.92. The number of amides is 1. The number of benzene rings is 1. The molecule has 0 saturated heterocycles. The van der Waals surface area contributed by atoms with E-state index in [2.05, 4.69) is 5.32 Å². The summed E-state index contributed by atoms with van der Waals surface area (Å²) in [6, 6.07) is 6.43. The first kappa shape index (κ1) is 14.0. The zero-order valence-corrected chi connectivity index (χ0v) is 10.6. The number of anilines is 1. The van der Waals surface area contributed by atoms with E-state index in [0.717, 1.165) is 0 Å². The third-order valence-corrected chi connectivity index (χ3v) is 2.85. The van der Waals surface area contributed by atoms with Crippen LogP contribution >= 0.6 is 11.6 Å². The molecular weight excluding hydrogens is 264 g/mol. The summed E-state index contributed by atoms with van der Waals surface area (Å²) in [5.41, 5.74) is 1.17. The summed E-state index contributed by atoms with van der Waals surface area (Å²) >= 11 is 5.42. The number of nitrogens with two attached hydrogens (primary N) is 1. The lowest BCUT2D eigenvalue weighted by Crippen LogP contribution is -2.14. The molecule has 7 heteroatoms. The molecule has 1 aromatic carbocycles. The Labute approximate surface area is 105 Å². The molecule has 0 bridgehead atoms. The SMILES string of the molecule is NS(=O)(=O)Cc1ccc(NC(=O)CCCl)cc1. The fraction of sp³-hybridized carbons (Fsp3) is 0.300. The van der Waals surface area contributed by atoms with Crippen LogP contribution in [0.5, 0.6) is 0 Å². The Morgan fingerprint density at radius 3 is 2.35 bits per heavy atom. The Morgan fingerprint density at radius 2 is 1.88 bits per heavy atom. The van der Waals surface area contributed by atoms with Gasteiger partial charge in [0.25, 0.3) is 0 Å². The summed E-state index contributed by atoms with van der Waals surface area (Å²) in [6.07, 6.45) is 0.237. The maximum atomic E-state index is 11.2. The lowest BCUT2D eigenvalue weighted by Gasteiger charge is -2.05. The Morgan fingerprint density at radius 1 is 1.29 bits per heavy atom. The Bertz CT molecular complexity index is 485. The molecule has 5 nitrogen and oxygen atoms in total. The first-order valence-electron chi connectivity index (χ1n) is 4.86. The van der Waals surface area contributed by atoms with Crippen molar-refractivity contribution >= 4 is 33.2 Å². The van der Waals surface area contributed by atoms with Crippen LogP contribution in [0, 0.1) is 0 Å². The maximum absolute atomic E-state index is 11.2. The van der Waals surface area contributed by atoms with Crippen LogP contribution in [0.25, 0.3) is 0 Å². The molecule has 0 spiro atoms. The number of alkyl halides is 1. The van der Waals surface area contributed by atoms with Gasteiger partial charge in [-0.1, -0.05) is 12.1 Å². The summed E-state index contributed by atoms with van der Waals surface area (Å²) in [6.45, 7) is 0. The van der Waals surface area contributed by atoms with E-state index in [1.54, 1.807) is 24.3 Å². The maximum Gasteiger partial charge on any atom is 0.225 e. The summed E-state index contributed by atoms with van der Waals surface area (Å²) in [5.74, 6) is -0.141. The van der Waals surface area contributed by atoms with Crippen molar-refractivity contribution in [3.8, 4) is 0 Å². The largest absolute Gasteiger partial charge is 0.326 e. The summed E-state index contributed by atoms with van der Waals surface area (Å²) < 4.78 is 21.7. The van der Waals surface area contributed by atoms with Gasteiger partial charge in [-0.15, -0.1) is 11.6 Å². The second kappa shape index (κ2) is 6.00. The van der Waals surface area contributed by atoms with E-state index in [1.807, 2.05) is 0 Å². The molecular formula is C10H13ClN2O3S. The van der Waals surface area contributed by atoms with Gasteiger partial charge in [-0.2, -0.15) is 0 Å². The number of halogens is 1. The highest BCUT2D eigenvalue weighted by Crippen LogP contribution is 2.11. The van der Waals surface area contributed by atoms with Gasteiger partial charge in [0.05, 0.1) is 5.75 Å². The van der Waals surface area contributed by atoms with Crippen molar-refractivity contribution in [3.05, 3.63) is 29.8 Å². The predicted octanol–water partition coefficient (Wildman–Crippen LogP) is 1.04. The third kappa shape index (κ3) is 5.67. The third-order valence-electron chi connectivity index (χ3n) is 1.93. The highest BCUT2D eigenvalue weighted by Gasteiger charge is 2.05. The van der Waals surface area contributed by atoms with Gasteiger partial charge in [0.15, 0.2) is 0 Å². The number of sulfonamides is 1. The van der Waals surface area contributed by atoms with Crippen LogP contribution in [0.15, 0.2) is 24.3 Å². The zero-order valence-electron chi connectivity index (χ0n) is 9.02. The van der Waals surface area contributed by atoms with Gasteiger partial charge in [-0.25, -0.2) is 13.6 Å².